The van der Waals surface area contributed by atoms with Crippen molar-refractivity contribution in [3.63, 3.8) is 0 Å². The van der Waals surface area contributed by atoms with Crippen molar-refractivity contribution in [2.45, 2.75) is 65.8 Å². The molecule has 1 aromatic rings. The number of amides is 1. The summed E-state index contributed by atoms with van der Waals surface area (Å²) in [6.45, 7) is 9.49. The Morgan fingerprint density at radius 1 is 1.17 bits per heavy atom. The molecule has 2 rings (SSSR count). The smallest absolute Gasteiger partial charge is 0.279 e. The minimum absolute atomic E-state index is 0.131. The van der Waals surface area contributed by atoms with E-state index in [2.05, 4.69) is 56.5 Å². The monoisotopic (exact) mass is 317 g/mol. The molecule has 0 aliphatic heterocycles. The third-order valence-electron chi connectivity index (χ3n) is 5.64. The first kappa shape index (κ1) is 18.0. The second-order valence-corrected chi connectivity index (χ2v) is 7.08. The van der Waals surface area contributed by atoms with Crippen LogP contribution in [0.1, 0.15) is 58.1 Å². The van der Waals surface area contributed by atoms with Gasteiger partial charge in [-0.15, -0.1) is 0 Å². The van der Waals surface area contributed by atoms with Crippen LogP contribution < -0.4 is 10.6 Å². The normalized spacial score (nSPS) is 24.4. The summed E-state index contributed by atoms with van der Waals surface area (Å²) >= 11 is 0. The van der Waals surface area contributed by atoms with E-state index < -0.39 is 0 Å². The Morgan fingerprint density at radius 3 is 2.43 bits per heavy atom. The van der Waals surface area contributed by atoms with Crippen molar-refractivity contribution in [3.8, 4) is 0 Å². The van der Waals surface area contributed by atoms with Crippen LogP contribution in [0.15, 0.2) is 18.2 Å². The Labute approximate surface area is 141 Å². The fourth-order valence-corrected chi connectivity index (χ4v) is 3.81. The summed E-state index contributed by atoms with van der Waals surface area (Å²) < 4.78 is 0. The number of benzene rings is 1. The number of para-hydroxylation sites is 1. The van der Waals surface area contributed by atoms with Crippen molar-refractivity contribution in [2.24, 2.45) is 11.8 Å². The van der Waals surface area contributed by atoms with Crippen molar-refractivity contribution < 1.29 is 10.1 Å². The predicted octanol–water partition coefficient (Wildman–Crippen LogP) is 3.14. The van der Waals surface area contributed by atoms with E-state index in [4.69, 9.17) is 0 Å². The molecule has 1 aliphatic carbocycles. The Kier molecular flexibility index (Phi) is 6.64. The molecular weight excluding hydrogens is 284 g/mol. The lowest BCUT2D eigenvalue weighted by molar-refractivity contribution is -0.688. The minimum atomic E-state index is 0.131. The van der Waals surface area contributed by atoms with Gasteiger partial charge in [0, 0.05) is 11.6 Å². The fourth-order valence-electron chi connectivity index (χ4n) is 3.81. The van der Waals surface area contributed by atoms with Gasteiger partial charge in [-0.3, -0.25) is 4.79 Å². The van der Waals surface area contributed by atoms with Gasteiger partial charge in [-0.2, -0.15) is 0 Å². The molecule has 0 bridgehead atoms. The van der Waals surface area contributed by atoms with Crippen LogP contribution in [0, 0.1) is 11.8 Å². The average Bonchev–Trinajstić information content (AvgIpc) is 2.56. The number of rotatable bonds is 6. The Balaban J connectivity index is 1.95. The van der Waals surface area contributed by atoms with Crippen LogP contribution in [-0.2, 0) is 17.6 Å². The van der Waals surface area contributed by atoms with Crippen molar-refractivity contribution in [3.05, 3.63) is 29.3 Å². The molecule has 1 saturated carbocycles. The molecule has 0 spiro atoms. The molecule has 128 valence electrons. The molecule has 3 nitrogen and oxygen atoms in total. The van der Waals surface area contributed by atoms with Crippen molar-refractivity contribution in [1.29, 1.82) is 0 Å². The molecule has 0 unspecified atom stereocenters. The summed E-state index contributed by atoms with van der Waals surface area (Å²) in [7, 11) is 0. The predicted molar refractivity (Wildman–Crippen MR) is 96.6 cm³/mol. The maximum Gasteiger partial charge on any atom is 0.279 e. The fraction of sp³-hybridized carbons (Fsp3) is 0.650. The van der Waals surface area contributed by atoms with Gasteiger partial charge < -0.3 is 10.6 Å². The van der Waals surface area contributed by atoms with Gasteiger partial charge >= 0.3 is 0 Å². The number of nitrogens with two attached hydrogens (primary N) is 1. The average molecular weight is 317 g/mol. The van der Waals surface area contributed by atoms with E-state index in [9.17, 15) is 4.79 Å². The number of carbonyl (C=O) groups is 1. The standard InChI is InChI=1S/C20H32N2O/c1-5-16-10-8-11-17(6-2)20(16)22-19(23)13-21-18-12-7-9-14(3)15(18)4/h8,10-11,14-15,18,21H,5-7,9,12-13H2,1-4H3,(H,22,23)/p+1/t14-,15-,18-/m0/s1. The van der Waals surface area contributed by atoms with E-state index in [0.29, 0.717) is 18.5 Å². The van der Waals surface area contributed by atoms with Gasteiger partial charge in [0.1, 0.15) is 0 Å². The number of quaternary nitrogens is 1. The zero-order valence-electron chi connectivity index (χ0n) is 15.2. The zero-order valence-corrected chi connectivity index (χ0v) is 15.2. The maximum absolute atomic E-state index is 12.4. The molecule has 0 radical (unpaired) electrons. The summed E-state index contributed by atoms with van der Waals surface area (Å²) in [5, 5.41) is 5.44. The summed E-state index contributed by atoms with van der Waals surface area (Å²) in [4.78, 5) is 12.4. The highest BCUT2D eigenvalue weighted by Gasteiger charge is 2.30. The second kappa shape index (κ2) is 8.49. The first-order chi connectivity index (χ1) is 11.1. The molecule has 1 aromatic carbocycles. The van der Waals surface area contributed by atoms with Crippen molar-refractivity contribution >= 4 is 11.6 Å². The number of nitrogens with one attached hydrogen (secondary N) is 1. The molecule has 1 fully saturated rings. The van der Waals surface area contributed by atoms with Gasteiger partial charge in [-0.25, -0.2) is 0 Å². The summed E-state index contributed by atoms with van der Waals surface area (Å²) in [5.41, 5.74) is 3.51. The molecule has 0 saturated heterocycles. The van der Waals surface area contributed by atoms with Gasteiger partial charge in [0.25, 0.3) is 5.91 Å². The van der Waals surface area contributed by atoms with Gasteiger partial charge in [0.15, 0.2) is 6.54 Å². The van der Waals surface area contributed by atoms with E-state index in [-0.39, 0.29) is 5.91 Å². The number of aryl methyl sites for hydroxylation is 2. The first-order valence-electron chi connectivity index (χ1n) is 9.30. The van der Waals surface area contributed by atoms with Gasteiger partial charge in [0.2, 0.25) is 0 Å². The van der Waals surface area contributed by atoms with E-state index in [0.717, 1.165) is 24.4 Å². The van der Waals surface area contributed by atoms with Gasteiger partial charge in [0.05, 0.1) is 6.04 Å². The van der Waals surface area contributed by atoms with Crippen LogP contribution in [0.5, 0.6) is 0 Å². The Hall–Kier alpha value is -1.35. The van der Waals surface area contributed by atoms with E-state index in [1.165, 1.54) is 30.4 Å². The molecule has 0 heterocycles. The topological polar surface area (TPSA) is 45.7 Å². The summed E-state index contributed by atoms with van der Waals surface area (Å²) in [6.07, 6.45) is 5.77. The third kappa shape index (κ3) is 4.57. The lowest BCUT2D eigenvalue weighted by Gasteiger charge is -2.32. The molecule has 3 N–H and O–H groups in total. The highest BCUT2D eigenvalue weighted by molar-refractivity contribution is 5.93. The van der Waals surface area contributed by atoms with E-state index in [1.807, 2.05) is 0 Å². The molecule has 1 amide bonds. The first-order valence-corrected chi connectivity index (χ1v) is 9.30. The van der Waals surface area contributed by atoms with Gasteiger partial charge in [-0.05, 0) is 49.1 Å². The Bertz CT molecular complexity index is 504. The van der Waals surface area contributed by atoms with Crippen LogP contribution in [-0.4, -0.2) is 18.5 Å². The minimum Gasteiger partial charge on any atom is -0.336 e. The highest BCUT2D eigenvalue weighted by Crippen LogP contribution is 2.27. The number of hydrogen-bond donors (Lipinski definition) is 2. The second-order valence-electron chi connectivity index (χ2n) is 7.08. The third-order valence-corrected chi connectivity index (χ3v) is 5.64. The van der Waals surface area contributed by atoms with E-state index >= 15 is 0 Å². The SMILES string of the molecule is CCc1cccc(CC)c1NC(=O)C[NH2+][C@H]1CCC[C@H](C)[C@@H]1C. The Morgan fingerprint density at radius 2 is 1.83 bits per heavy atom. The molecule has 0 aromatic heterocycles. The van der Waals surface area contributed by atoms with Crippen LogP contribution in [0.4, 0.5) is 5.69 Å². The number of hydrogen-bond acceptors (Lipinski definition) is 1. The number of anilines is 1. The lowest BCUT2D eigenvalue weighted by atomic mass is 9.78. The quantitative estimate of drug-likeness (QED) is 0.832. The van der Waals surface area contributed by atoms with Crippen LogP contribution in [0.25, 0.3) is 0 Å². The number of carbonyl (C=O) groups excluding carboxylic acids is 1. The molecule has 3 heteroatoms. The van der Waals surface area contributed by atoms with Crippen molar-refractivity contribution in [2.75, 3.05) is 11.9 Å². The molecule has 3 atom stereocenters. The lowest BCUT2D eigenvalue weighted by Crippen LogP contribution is -2.93. The largest absolute Gasteiger partial charge is 0.336 e. The molecule has 23 heavy (non-hydrogen) atoms. The van der Waals surface area contributed by atoms with Crippen LogP contribution in [0.2, 0.25) is 0 Å². The molecule has 1 aliphatic rings. The van der Waals surface area contributed by atoms with Crippen LogP contribution in [0.3, 0.4) is 0 Å². The summed E-state index contributed by atoms with van der Waals surface area (Å²) in [6, 6.07) is 6.91. The zero-order chi connectivity index (χ0) is 16.8. The van der Waals surface area contributed by atoms with Gasteiger partial charge in [-0.1, -0.05) is 45.9 Å². The summed E-state index contributed by atoms with van der Waals surface area (Å²) in [5.74, 6) is 1.61. The highest BCUT2D eigenvalue weighted by atomic mass is 16.1. The molecular formula is C20H33N2O+. The van der Waals surface area contributed by atoms with E-state index in [1.54, 1.807) is 0 Å². The maximum atomic E-state index is 12.4. The van der Waals surface area contributed by atoms with Crippen LogP contribution >= 0.6 is 0 Å². The van der Waals surface area contributed by atoms with Crippen molar-refractivity contribution in [1.82, 2.24) is 0 Å².